The van der Waals surface area contributed by atoms with Crippen molar-refractivity contribution in [2.24, 2.45) is 0 Å². The number of amides is 4. The van der Waals surface area contributed by atoms with Crippen LogP contribution in [0.25, 0.3) is 0 Å². The van der Waals surface area contributed by atoms with Crippen LogP contribution in [-0.2, 0) is 32.0 Å². The maximum atomic E-state index is 13.8. The van der Waals surface area contributed by atoms with Gasteiger partial charge in [-0.25, -0.2) is 0 Å². The summed E-state index contributed by atoms with van der Waals surface area (Å²) in [6.45, 7) is 0.973. The first kappa shape index (κ1) is 25.0. The molecule has 2 aromatic carbocycles. The minimum absolute atomic E-state index is 0.0449. The van der Waals surface area contributed by atoms with Gasteiger partial charge in [-0.1, -0.05) is 60.7 Å². The van der Waals surface area contributed by atoms with E-state index in [-0.39, 0.29) is 30.0 Å². The fraction of sp³-hybridized carbons (Fsp3) is 0.448. The van der Waals surface area contributed by atoms with Gasteiger partial charge in [0.2, 0.25) is 23.6 Å². The third-order valence-electron chi connectivity index (χ3n) is 7.68. The lowest BCUT2D eigenvalue weighted by molar-refractivity contribution is -0.147. The molecule has 3 saturated heterocycles. The van der Waals surface area contributed by atoms with Crippen molar-refractivity contribution in [2.75, 3.05) is 13.1 Å². The lowest BCUT2D eigenvalue weighted by Gasteiger charge is -2.32. The highest BCUT2D eigenvalue weighted by Crippen LogP contribution is 2.26. The van der Waals surface area contributed by atoms with E-state index < -0.39 is 24.2 Å². The van der Waals surface area contributed by atoms with Crippen LogP contribution in [0, 0.1) is 0 Å². The molecular formula is C29H34N4O4. The molecule has 8 nitrogen and oxygen atoms in total. The normalized spacial score (nSPS) is 26.9. The highest BCUT2D eigenvalue weighted by Gasteiger charge is 2.44. The highest BCUT2D eigenvalue weighted by molar-refractivity contribution is 5.95. The summed E-state index contributed by atoms with van der Waals surface area (Å²) in [6, 6.07) is 16.9. The van der Waals surface area contributed by atoms with E-state index in [1.807, 2.05) is 60.7 Å². The van der Waals surface area contributed by atoms with Crippen molar-refractivity contribution in [2.45, 2.75) is 69.1 Å². The van der Waals surface area contributed by atoms with Gasteiger partial charge in [0, 0.05) is 32.0 Å². The Balaban J connectivity index is 1.46. The first-order valence-corrected chi connectivity index (χ1v) is 13.3. The number of hydrogen-bond donors (Lipinski definition) is 2. The van der Waals surface area contributed by atoms with Gasteiger partial charge in [-0.2, -0.15) is 0 Å². The Bertz CT molecular complexity index is 1140. The van der Waals surface area contributed by atoms with Gasteiger partial charge < -0.3 is 20.4 Å². The molecule has 4 amide bonds. The number of carbonyl (C=O) groups is 4. The van der Waals surface area contributed by atoms with Crippen LogP contribution in [-0.4, -0.2) is 70.7 Å². The molecule has 0 spiro atoms. The maximum Gasteiger partial charge on any atom is 0.246 e. The van der Waals surface area contributed by atoms with Gasteiger partial charge in [-0.05, 0) is 43.2 Å². The van der Waals surface area contributed by atoms with Crippen LogP contribution in [0.1, 0.15) is 43.2 Å². The van der Waals surface area contributed by atoms with Crippen molar-refractivity contribution in [3.8, 4) is 0 Å². The van der Waals surface area contributed by atoms with Crippen LogP contribution in [0.5, 0.6) is 0 Å². The number of nitrogens with one attached hydrogen (secondary N) is 2. The van der Waals surface area contributed by atoms with Crippen LogP contribution >= 0.6 is 0 Å². The van der Waals surface area contributed by atoms with E-state index >= 15 is 0 Å². The fourth-order valence-electron chi connectivity index (χ4n) is 5.88. The van der Waals surface area contributed by atoms with E-state index in [2.05, 4.69) is 10.6 Å². The van der Waals surface area contributed by atoms with Crippen molar-refractivity contribution in [3.05, 3.63) is 71.8 Å². The number of rotatable bonds is 4. The van der Waals surface area contributed by atoms with Crippen molar-refractivity contribution >= 4 is 23.6 Å². The molecule has 3 fully saturated rings. The minimum Gasteiger partial charge on any atom is -0.351 e. The summed E-state index contributed by atoms with van der Waals surface area (Å²) in [5.74, 6) is -0.912. The molecule has 2 N–H and O–H groups in total. The molecule has 8 heteroatoms. The van der Waals surface area contributed by atoms with E-state index in [9.17, 15) is 19.2 Å². The van der Waals surface area contributed by atoms with Gasteiger partial charge in [-0.15, -0.1) is 0 Å². The molecule has 0 bridgehead atoms. The van der Waals surface area contributed by atoms with Crippen LogP contribution in [0.4, 0.5) is 0 Å². The topological polar surface area (TPSA) is 98.8 Å². The van der Waals surface area contributed by atoms with Crippen LogP contribution < -0.4 is 10.6 Å². The molecule has 0 saturated carbocycles. The Kier molecular flexibility index (Phi) is 7.53. The molecule has 2 aromatic rings. The molecule has 0 aliphatic carbocycles. The van der Waals surface area contributed by atoms with Crippen LogP contribution in [0.15, 0.2) is 60.7 Å². The van der Waals surface area contributed by atoms with E-state index in [1.165, 1.54) is 0 Å². The van der Waals surface area contributed by atoms with Gasteiger partial charge in [0.05, 0.1) is 0 Å². The average Bonchev–Trinajstić information content (AvgIpc) is 3.59. The predicted molar refractivity (Wildman–Crippen MR) is 138 cm³/mol. The lowest BCUT2D eigenvalue weighted by Crippen LogP contribution is -2.56. The summed E-state index contributed by atoms with van der Waals surface area (Å²) in [5.41, 5.74) is 1.93. The zero-order valence-electron chi connectivity index (χ0n) is 21.0. The van der Waals surface area contributed by atoms with Gasteiger partial charge in [0.15, 0.2) is 0 Å². The Morgan fingerprint density at radius 3 is 1.89 bits per heavy atom. The van der Waals surface area contributed by atoms with Gasteiger partial charge >= 0.3 is 0 Å². The standard InChI is InChI=1S/C29H34N4O4/c34-26-19-22(17-20-9-3-1-4-10-20)30-27(35)24-13-7-15-32(24)29(37)25-14-8-16-33(25)28(36)23(31-26)18-21-11-5-2-6-12-21/h1-6,9-12,22-25H,7-8,13-19H2,(H,30,35)(H,31,34)/t22-,23+,24+,25+/m1/s1. The quantitative estimate of drug-likeness (QED) is 0.667. The summed E-state index contributed by atoms with van der Waals surface area (Å²) in [6.07, 6.45) is 3.47. The summed E-state index contributed by atoms with van der Waals surface area (Å²) >= 11 is 0. The number of carbonyl (C=O) groups excluding carboxylic acids is 4. The first-order chi connectivity index (χ1) is 18.0. The van der Waals surface area contributed by atoms with Gasteiger partial charge in [0.1, 0.15) is 18.1 Å². The van der Waals surface area contributed by atoms with Crippen molar-refractivity contribution < 1.29 is 19.2 Å². The smallest absolute Gasteiger partial charge is 0.246 e. The summed E-state index contributed by atoms with van der Waals surface area (Å²) < 4.78 is 0. The summed E-state index contributed by atoms with van der Waals surface area (Å²) in [7, 11) is 0. The molecule has 5 rings (SSSR count). The van der Waals surface area contributed by atoms with Gasteiger partial charge in [0.25, 0.3) is 0 Å². The van der Waals surface area contributed by atoms with E-state index in [4.69, 9.17) is 0 Å². The number of nitrogens with zero attached hydrogens (tertiary/aromatic N) is 2. The molecule has 0 aromatic heterocycles. The van der Waals surface area contributed by atoms with Crippen LogP contribution in [0.2, 0.25) is 0 Å². The molecule has 3 aliphatic heterocycles. The third-order valence-corrected chi connectivity index (χ3v) is 7.68. The Labute approximate surface area is 217 Å². The lowest BCUT2D eigenvalue weighted by atomic mass is 10.0. The zero-order valence-corrected chi connectivity index (χ0v) is 21.0. The van der Waals surface area contributed by atoms with Crippen molar-refractivity contribution in [1.29, 1.82) is 0 Å². The molecule has 3 heterocycles. The third kappa shape index (κ3) is 5.68. The van der Waals surface area contributed by atoms with E-state index in [0.717, 1.165) is 24.0 Å². The predicted octanol–water partition coefficient (Wildman–Crippen LogP) is 1.83. The fourth-order valence-corrected chi connectivity index (χ4v) is 5.88. The molecule has 3 aliphatic rings. The van der Waals surface area contributed by atoms with Crippen molar-refractivity contribution in [1.82, 2.24) is 20.4 Å². The molecule has 194 valence electrons. The second-order valence-electron chi connectivity index (χ2n) is 10.3. The van der Waals surface area contributed by atoms with Crippen molar-refractivity contribution in [3.63, 3.8) is 0 Å². The Morgan fingerprint density at radius 1 is 0.676 bits per heavy atom. The molecule has 0 unspecified atom stereocenters. The largest absolute Gasteiger partial charge is 0.351 e. The summed E-state index contributed by atoms with van der Waals surface area (Å²) in [5, 5.41) is 6.02. The number of benzene rings is 2. The Hall–Kier alpha value is -3.68. The van der Waals surface area contributed by atoms with Gasteiger partial charge in [-0.3, -0.25) is 19.2 Å². The van der Waals surface area contributed by atoms with E-state index in [1.54, 1.807) is 9.80 Å². The number of fused-ring (bicyclic) bond motifs is 2. The zero-order chi connectivity index (χ0) is 25.8. The molecule has 0 radical (unpaired) electrons. The average molecular weight is 503 g/mol. The SMILES string of the molecule is O=C1C[C@@H](Cc2ccccc2)NC(=O)[C@@H]2CCCN2C(=O)[C@@H]2CCCN2C(=O)[C@H](Cc2ccccc2)N1. The number of hydrogen-bond acceptors (Lipinski definition) is 4. The maximum absolute atomic E-state index is 13.8. The summed E-state index contributed by atoms with van der Waals surface area (Å²) in [4.78, 5) is 57.5. The van der Waals surface area contributed by atoms with E-state index in [0.29, 0.717) is 38.8 Å². The Morgan fingerprint density at radius 2 is 1.24 bits per heavy atom. The van der Waals surface area contributed by atoms with Crippen LogP contribution in [0.3, 0.4) is 0 Å². The molecule has 37 heavy (non-hydrogen) atoms. The second kappa shape index (κ2) is 11.2. The highest BCUT2D eigenvalue weighted by atomic mass is 16.2. The first-order valence-electron chi connectivity index (χ1n) is 13.3. The monoisotopic (exact) mass is 502 g/mol. The molecule has 4 atom stereocenters. The minimum atomic E-state index is -0.786. The second-order valence-corrected chi connectivity index (χ2v) is 10.3. The molecular weight excluding hydrogens is 468 g/mol.